The minimum atomic E-state index is 0.0495. The normalized spacial score (nSPS) is 13.5. The second-order valence-corrected chi connectivity index (χ2v) is 8.81. The van der Waals surface area contributed by atoms with Crippen molar-refractivity contribution in [2.45, 2.75) is 33.4 Å². The van der Waals surface area contributed by atoms with E-state index in [9.17, 15) is 4.79 Å². The van der Waals surface area contributed by atoms with Crippen LogP contribution in [0.4, 0.5) is 11.6 Å². The molecular formula is C29H30N4O2. The molecule has 0 amide bonds. The molecule has 6 nitrogen and oxygen atoms in total. The summed E-state index contributed by atoms with van der Waals surface area (Å²) in [5, 5.41) is 0. The number of para-hydroxylation sites is 1. The van der Waals surface area contributed by atoms with Gasteiger partial charge in [-0.3, -0.25) is 19.2 Å². The Hall–Kier alpha value is -3.90. The van der Waals surface area contributed by atoms with Crippen molar-refractivity contribution in [2.75, 3.05) is 18.1 Å². The summed E-state index contributed by atoms with van der Waals surface area (Å²) in [6.07, 6.45) is 1.59. The molecule has 4 aromatic rings. The number of fused-ring (bicyclic) bond motifs is 1. The van der Waals surface area contributed by atoms with Gasteiger partial charge in [0.05, 0.1) is 13.3 Å². The number of hydrogen-bond acceptors (Lipinski definition) is 5. The van der Waals surface area contributed by atoms with Crippen LogP contribution in [-0.4, -0.2) is 27.7 Å². The maximum atomic E-state index is 13.4. The van der Waals surface area contributed by atoms with Crippen LogP contribution in [0.15, 0.2) is 89.7 Å². The summed E-state index contributed by atoms with van der Waals surface area (Å²) < 4.78 is 7.78. The Labute approximate surface area is 206 Å². The van der Waals surface area contributed by atoms with Gasteiger partial charge >= 0.3 is 0 Å². The van der Waals surface area contributed by atoms with Crippen molar-refractivity contribution in [3.8, 4) is 11.5 Å². The third-order valence-electron chi connectivity index (χ3n) is 6.41. The van der Waals surface area contributed by atoms with E-state index in [1.54, 1.807) is 0 Å². The van der Waals surface area contributed by atoms with E-state index in [4.69, 9.17) is 9.72 Å². The van der Waals surface area contributed by atoms with Crippen molar-refractivity contribution in [1.82, 2.24) is 14.5 Å². The highest BCUT2D eigenvalue weighted by Crippen LogP contribution is 2.30. The average Bonchev–Trinajstić information content (AvgIpc) is 2.89. The summed E-state index contributed by atoms with van der Waals surface area (Å²) >= 11 is 0. The molecule has 0 fully saturated rings. The smallest absolute Gasteiger partial charge is 0.259 e. The van der Waals surface area contributed by atoms with Gasteiger partial charge in [0, 0.05) is 23.5 Å². The lowest BCUT2D eigenvalue weighted by Gasteiger charge is -2.38. The molecular weight excluding hydrogens is 436 g/mol. The summed E-state index contributed by atoms with van der Waals surface area (Å²) in [6.45, 7) is 5.97. The van der Waals surface area contributed by atoms with Crippen LogP contribution in [-0.2, 0) is 19.5 Å². The van der Waals surface area contributed by atoms with Crippen LogP contribution in [0.2, 0.25) is 0 Å². The van der Waals surface area contributed by atoms with Gasteiger partial charge in [0.15, 0.2) is 0 Å². The summed E-state index contributed by atoms with van der Waals surface area (Å²) in [4.78, 5) is 22.7. The maximum absolute atomic E-state index is 13.4. The zero-order valence-electron chi connectivity index (χ0n) is 20.2. The fourth-order valence-corrected chi connectivity index (χ4v) is 4.52. The molecule has 6 heteroatoms. The van der Waals surface area contributed by atoms with Crippen LogP contribution >= 0.6 is 0 Å². The molecule has 1 aliphatic rings. The zero-order chi connectivity index (χ0) is 24.2. The fraction of sp³-hybridized carbons (Fsp3) is 0.241. The molecule has 0 saturated heterocycles. The van der Waals surface area contributed by atoms with E-state index in [1.165, 1.54) is 5.56 Å². The van der Waals surface area contributed by atoms with Crippen LogP contribution in [0, 0.1) is 6.92 Å². The van der Waals surface area contributed by atoms with E-state index in [2.05, 4.69) is 34.1 Å². The van der Waals surface area contributed by atoms with Gasteiger partial charge in [0.1, 0.15) is 11.5 Å². The van der Waals surface area contributed by atoms with Crippen molar-refractivity contribution < 1.29 is 4.74 Å². The molecule has 0 unspecified atom stereocenters. The van der Waals surface area contributed by atoms with Crippen molar-refractivity contribution in [1.29, 1.82) is 0 Å². The first kappa shape index (κ1) is 22.9. The first-order valence-electron chi connectivity index (χ1n) is 12.1. The van der Waals surface area contributed by atoms with Gasteiger partial charge in [0.25, 0.3) is 5.56 Å². The average molecular weight is 467 g/mol. The van der Waals surface area contributed by atoms with E-state index < -0.39 is 0 Å². The molecule has 0 N–H and O–H groups in total. The predicted octanol–water partition coefficient (Wildman–Crippen LogP) is 5.52. The minimum absolute atomic E-state index is 0.0495. The van der Waals surface area contributed by atoms with E-state index in [0.717, 1.165) is 41.4 Å². The SMILES string of the molecule is CCc1c(C)nc2n(c1=O)CN(CCc1ccccc1)CN2c1ccc(Oc2ccccc2)cc1. The molecule has 1 aromatic heterocycles. The third-order valence-corrected chi connectivity index (χ3v) is 6.41. The number of ether oxygens (including phenoxy) is 1. The highest BCUT2D eigenvalue weighted by Gasteiger charge is 2.27. The Kier molecular flexibility index (Phi) is 6.64. The third kappa shape index (κ3) is 4.98. The van der Waals surface area contributed by atoms with Gasteiger partial charge in [-0.15, -0.1) is 0 Å². The largest absolute Gasteiger partial charge is 0.457 e. The molecule has 0 saturated carbocycles. The topological polar surface area (TPSA) is 50.6 Å². The monoisotopic (exact) mass is 466 g/mol. The van der Waals surface area contributed by atoms with Gasteiger partial charge in [0.2, 0.25) is 5.95 Å². The molecule has 3 aromatic carbocycles. The van der Waals surface area contributed by atoms with Crippen molar-refractivity contribution in [2.24, 2.45) is 0 Å². The highest BCUT2D eigenvalue weighted by atomic mass is 16.5. The lowest BCUT2D eigenvalue weighted by atomic mass is 10.1. The Morgan fingerprint density at radius 1 is 0.857 bits per heavy atom. The number of aromatic nitrogens is 2. The van der Waals surface area contributed by atoms with E-state index in [-0.39, 0.29) is 5.56 Å². The number of anilines is 2. The summed E-state index contributed by atoms with van der Waals surface area (Å²) in [5.41, 5.74) is 3.89. The molecule has 35 heavy (non-hydrogen) atoms. The van der Waals surface area contributed by atoms with Crippen molar-refractivity contribution in [3.63, 3.8) is 0 Å². The van der Waals surface area contributed by atoms with Gasteiger partial charge in [-0.1, -0.05) is 55.5 Å². The highest BCUT2D eigenvalue weighted by molar-refractivity contribution is 5.59. The Morgan fingerprint density at radius 3 is 2.20 bits per heavy atom. The van der Waals surface area contributed by atoms with Crippen LogP contribution in [0.5, 0.6) is 11.5 Å². The first-order valence-corrected chi connectivity index (χ1v) is 12.1. The standard InChI is InChI=1S/C29H30N4O2/c1-3-27-22(2)30-29-32(24-14-16-26(17-15-24)35-25-12-8-5-9-13-25)20-31(21-33(29)28(27)34)19-18-23-10-6-4-7-11-23/h4-17H,3,18-21H2,1-2H3. The number of benzene rings is 3. The zero-order valence-corrected chi connectivity index (χ0v) is 20.2. The molecule has 1 aliphatic heterocycles. The van der Waals surface area contributed by atoms with Crippen molar-refractivity contribution in [3.05, 3.63) is 112 Å². The lowest BCUT2D eigenvalue weighted by molar-refractivity contribution is 0.200. The molecule has 178 valence electrons. The van der Waals surface area contributed by atoms with E-state index in [1.807, 2.05) is 79.1 Å². The summed E-state index contributed by atoms with van der Waals surface area (Å²) in [5.74, 6) is 2.25. The second kappa shape index (κ2) is 10.2. The maximum Gasteiger partial charge on any atom is 0.259 e. The number of rotatable bonds is 7. The summed E-state index contributed by atoms with van der Waals surface area (Å²) in [7, 11) is 0. The Balaban J connectivity index is 1.45. The van der Waals surface area contributed by atoms with Gasteiger partial charge < -0.3 is 4.74 Å². The molecule has 5 rings (SSSR count). The molecule has 2 heterocycles. The summed E-state index contributed by atoms with van der Waals surface area (Å²) in [6, 6.07) is 28.2. The minimum Gasteiger partial charge on any atom is -0.457 e. The Morgan fingerprint density at radius 2 is 1.51 bits per heavy atom. The van der Waals surface area contributed by atoms with Gasteiger partial charge in [-0.05, 0) is 61.7 Å². The van der Waals surface area contributed by atoms with E-state index >= 15 is 0 Å². The molecule has 0 radical (unpaired) electrons. The second-order valence-electron chi connectivity index (χ2n) is 8.81. The van der Waals surface area contributed by atoms with Gasteiger partial charge in [-0.25, -0.2) is 4.98 Å². The molecule has 0 atom stereocenters. The predicted molar refractivity (Wildman–Crippen MR) is 139 cm³/mol. The van der Waals surface area contributed by atoms with Crippen LogP contribution in [0.3, 0.4) is 0 Å². The van der Waals surface area contributed by atoms with Gasteiger partial charge in [-0.2, -0.15) is 0 Å². The van der Waals surface area contributed by atoms with E-state index in [0.29, 0.717) is 25.7 Å². The number of nitrogens with zero attached hydrogens (tertiary/aromatic N) is 4. The number of hydrogen-bond donors (Lipinski definition) is 0. The Bertz CT molecular complexity index is 1340. The van der Waals surface area contributed by atoms with Crippen LogP contribution in [0.1, 0.15) is 23.7 Å². The lowest BCUT2D eigenvalue weighted by Crippen LogP contribution is -2.48. The first-order chi connectivity index (χ1) is 17.1. The van der Waals surface area contributed by atoms with Crippen LogP contribution in [0.25, 0.3) is 0 Å². The molecule has 0 aliphatic carbocycles. The van der Waals surface area contributed by atoms with Crippen molar-refractivity contribution >= 4 is 11.6 Å². The quantitative estimate of drug-likeness (QED) is 0.359. The fourth-order valence-electron chi connectivity index (χ4n) is 4.52. The molecule has 0 bridgehead atoms. The van der Waals surface area contributed by atoms with Crippen LogP contribution < -0.4 is 15.2 Å². The molecule has 0 spiro atoms. The number of aryl methyl sites for hydroxylation is 1.